The average molecular weight is 308 g/mol. The van der Waals surface area contributed by atoms with Crippen LogP contribution in [0.15, 0.2) is 47.1 Å². The van der Waals surface area contributed by atoms with E-state index in [-0.39, 0.29) is 5.97 Å². The smallest absolute Gasteiger partial charge is 0.354 e. The largest absolute Gasteiger partial charge is 0.461 e. The maximum Gasteiger partial charge on any atom is 0.354 e. The number of rotatable bonds is 4. The van der Waals surface area contributed by atoms with Gasteiger partial charge in [0, 0.05) is 17.2 Å². The van der Waals surface area contributed by atoms with Gasteiger partial charge in [0.15, 0.2) is 0 Å². The van der Waals surface area contributed by atoms with E-state index in [0.29, 0.717) is 18.8 Å². The summed E-state index contributed by atoms with van der Waals surface area (Å²) in [4.78, 5) is 11.7. The van der Waals surface area contributed by atoms with Crippen molar-refractivity contribution in [1.82, 2.24) is 4.57 Å². The fraction of sp³-hybridized carbons (Fsp3) is 0.214. The lowest BCUT2D eigenvalue weighted by molar-refractivity contribution is 0.0514. The number of carbonyl (C=O) groups excluding carboxylic acids is 1. The van der Waals surface area contributed by atoms with E-state index in [9.17, 15) is 4.79 Å². The highest BCUT2D eigenvalue weighted by Gasteiger charge is 2.11. The van der Waals surface area contributed by atoms with E-state index in [4.69, 9.17) is 4.74 Å². The molecule has 0 saturated carbocycles. The zero-order chi connectivity index (χ0) is 13.0. The topological polar surface area (TPSA) is 31.2 Å². The molecule has 0 unspecified atom stereocenters. The van der Waals surface area contributed by atoms with Crippen LogP contribution in [0.25, 0.3) is 0 Å². The van der Waals surface area contributed by atoms with E-state index in [1.54, 1.807) is 13.0 Å². The summed E-state index contributed by atoms with van der Waals surface area (Å²) in [7, 11) is 0. The van der Waals surface area contributed by atoms with Gasteiger partial charge < -0.3 is 9.30 Å². The number of hydrogen-bond acceptors (Lipinski definition) is 2. The maximum absolute atomic E-state index is 11.7. The van der Waals surface area contributed by atoms with Gasteiger partial charge in [-0.2, -0.15) is 0 Å². The molecular formula is C14H14BrNO2. The Morgan fingerprint density at radius 1 is 1.33 bits per heavy atom. The highest BCUT2D eigenvalue weighted by atomic mass is 79.9. The number of esters is 1. The molecule has 0 aliphatic carbocycles. The third kappa shape index (κ3) is 3.01. The van der Waals surface area contributed by atoms with Crippen LogP contribution in [0.4, 0.5) is 0 Å². The molecule has 2 rings (SSSR count). The molecule has 1 aromatic carbocycles. The molecule has 94 valence electrons. The number of aromatic nitrogens is 1. The van der Waals surface area contributed by atoms with Gasteiger partial charge in [-0.15, -0.1) is 0 Å². The minimum absolute atomic E-state index is 0.280. The van der Waals surface area contributed by atoms with Gasteiger partial charge in [0.1, 0.15) is 5.69 Å². The molecule has 0 radical (unpaired) electrons. The van der Waals surface area contributed by atoms with Gasteiger partial charge in [0.2, 0.25) is 0 Å². The van der Waals surface area contributed by atoms with Crippen molar-refractivity contribution in [3.8, 4) is 0 Å². The van der Waals surface area contributed by atoms with Crippen LogP contribution >= 0.6 is 15.9 Å². The van der Waals surface area contributed by atoms with E-state index in [1.807, 2.05) is 41.1 Å². The molecule has 0 bridgehead atoms. The third-order valence-electron chi connectivity index (χ3n) is 2.56. The zero-order valence-corrected chi connectivity index (χ0v) is 11.7. The van der Waals surface area contributed by atoms with E-state index >= 15 is 0 Å². The third-order valence-corrected chi connectivity index (χ3v) is 3.05. The molecule has 0 atom stereocenters. The van der Waals surface area contributed by atoms with Gasteiger partial charge in [0.25, 0.3) is 0 Å². The lowest BCUT2D eigenvalue weighted by Crippen LogP contribution is -2.12. The molecule has 0 N–H and O–H groups in total. The van der Waals surface area contributed by atoms with Gasteiger partial charge in [-0.25, -0.2) is 4.79 Å². The first-order chi connectivity index (χ1) is 8.70. The highest BCUT2D eigenvalue weighted by molar-refractivity contribution is 9.10. The molecule has 0 fully saturated rings. The summed E-state index contributed by atoms with van der Waals surface area (Å²) in [5, 5.41) is 0. The summed E-state index contributed by atoms with van der Waals surface area (Å²) in [5.41, 5.74) is 1.71. The molecule has 0 aliphatic heterocycles. The Labute approximate surface area is 115 Å². The van der Waals surface area contributed by atoms with Gasteiger partial charge >= 0.3 is 5.97 Å². The number of halogens is 1. The monoisotopic (exact) mass is 307 g/mol. The standard InChI is InChI=1S/C14H14BrNO2/c1-2-18-14(17)13-7-4-8-16(13)10-11-5-3-6-12(15)9-11/h3-9H,2,10H2,1H3. The van der Waals surface area contributed by atoms with E-state index in [0.717, 1.165) is 10.0 Å². The number of benzene rings is 1. The lowest BCUT2D eigenvalue weighted by Gasteiger charge is -2.09. The normalized spacial score (nSPS) is 10.3. The first-order valence-corrected chi connectivity index (χ1v) is 6.56. The summed E-state index contributed by atoms with van der Waals surface area (Å²) < 4.78 is 7.94. The minimum Gasteiger partial charge on any atom is -0.461 e. The fourth-order valence-electron chi connectivity index (χ4n) is 1.77. The van der Waals surface area contributed by atoms with Gasteiger partial charge in [-0.1, -0.05) is 28.1 Å². The second-order valence-electron chi connectivity index (χ2n) is 3.87. The zero-order valence-electron chi connectivity index (χ0n) is 10.1. The van der Waals surface area contributed by atoms with Crippen molar-refractivity contribution in [3.63, 3.8) is 0 Å². The Morgan fingerprint density at radius 3 is 2.89 bits per heavy atom. The van der Waals surface area contributed by atoms with Crippen molar-refractivity contribution in [2.75, 3.05) is 6.61 Å². The summed E-state index contributed by atoms with van der Waals surface area (Å²) >= 11 is 3.44. The molecule has 3 nitrogen and oxygen atoms in total. The van der Waals surface area contributed by atoms with Crippen LogP contribution in [0.5, 0.6) is 0 Å². The predicted octanol–water partition coefficient (Wildman–Crippen LogP) is 3.48. The van der Waals surface area contributed by atoms with E-state index < -0.39 is 0 Å². The predicted molar refractivity (Wildman–Crippen MR) is 73.6 cm³/mol. The molecule has 1 aromatic heterocycles. The van der Waals surface area contributed by atoms with Crippen molar-refractivity contribution in [2.24, 2.45) is 0 Å². The lowest BCUT2D eigenvalue weighted by atomic mass is 10.2. The van der Waals surface area contributed by atoms with Crippen molar-refractivity contribution in [2.45, 2.75) is 13.5 Å². The number of hydrogen-bond donors (Lipinski definition) is 0. The van der Waals surface area contributed by atoms with Crippen molar-refractivity contribution in [1.29, 1.82) is 0 Å². The second kappa shape index (κ2) is 5.87. The van der Waals surface area contributed by atoms with Crippen LogP contribution in [-0.2, 0) is 11.3 Å². The Bertz CT molecular complexity index is 548. The summed E-state index contributed by atoms with van der Waals surface area (Å²) in [6.07, 6.45) is 1.88. The van der Waals surface area contributed by atoms with Crippen molar-refractivity contribution in [3.05, 3.63) is 58.3 Å². The fourth-order valence-corrected chi connectivity index (χ4v) is 2.22. The molecule has 0 saturated heterocycles. The first kappa shape index (κ1) is 12.9. The molecule has 1 heterocycles. The Balaban J connectivity index is 2.20. The van der Waals surface area contributed by atoms with Crippen LogP contribution in [0.1, 0.15) is 23.0 Å². The molecule has 18 heavy (non-hydrogen) atoms. The van der Waals surface area contributed by atoms with Crippen LogP contribution in [0.2, 0.25) is 0 Å². The second-order valence-corrected chi connectivity index (χ2v) is 4.79. The van der Waals surface area contributed by atoms with Gasteiger partial charge in [-0.3, -0.25) is 0 Å². The Morgan fingerprint density at radius 2 is 2.17 bits per heavy atom. The quantitative estimate of drug-likeness (QED) is 0.810. The Hall–Kier alpha value is -1.55. The molecule has 0 spiro atoms. The van der Waals surface area contributed by atoms with Gasteiger partial charge in [0.05, 0.1) is 6.61 Å². The van der Waals surface area contributed by atoms with Crippen LogP contribution < -0.4 is 0 Å². The molecule has 0 aliphatic rings. The molecule has 0 amide bonds. The maximum atomic E-state index is 11.7. The molecule has 2 aromatic rings. The van der Waals surface area contributed by atoms with E-state index in [1.165, 1.54) is 0 Å². The van der Waals surface area contributed by atoms with Crippen LogP contribution in [-0.4, -0.2) is 17.1 Å². The Kier molecular flexibility index (Phi) is 4.20. The van der Waals surface area contributed by atoms with Crippen molar-refractivity contribution < 1.29 is 9.53 Å². The highest BCUT2D eigenvalue weighted by Crippen LogP contribution is 2.14. The first-order valence-electron chi connectivity index (χ1n) is 5.77. The van der Waals surface area contributed by atoms with Crippen LogP contribution in [0.3, 0.4) is 0 Å². The van der Waals surface area contributed by atoms with Crippen LogP contribution in [0, 0.1) is 0 Å². The SMILES string of the molecule is CCOC(=O)c1cccn1Cc1cccc(Br)c1. The summed E-state index contributed by atoms with van der Waals surface area (Å²) in [6, 6.07) is 11.6. The molecule has 4 heteroatoms. The van der Waals surface area contributed by atoms with E-state index in [2.05, 4.69) is 15.9 Å². The minimum atomic E-state index is -0.280. The summed E-state index contributed by atoms with van der Waals surface area (Å²) in [6.45, 7) is 2.85. The van der Waals surface area contributed by atoms with Gasteiger partial charge in [-0.05, 0) is 36.8 Å². The average Bonchev–Trinajstić information content (AvgIpc) is 2.77. The number of nitrogens with zero attached hydrogens (tertiary/aromatic N) is 1. The number of carbonyl (C=O) groups is 1. The molecular weight excluding hydrogens is 294 g/mol. The van der Waals surface area contributed by atoms with Crippen molar-refractivity contribution >= 4 is 21.9 Å². The number of ether oxygens (including phenoxy) is 1. The summed E-state index contributed by atoms with van der Waals surface area (Å²) in [5.74, 6) is -0.280.